The molecular formula is C24H29N2O3S+. The molecule has 1 amide bonds. The zero-order chi connectivity index (χ0) is 21.3. The molecule has 1 aromatic heterocycles. The number of quaternary nitrogens is 1. The molecule has 0 saturated carbocycles. The third-order valence-corrected chi connectivity index (χ3v) is 5.70. The van der Waals surface area contributed by atoms with Crippen LogP contribution in [0.2, 0.25) is 0 Å². The molecule has 30 heavy (non-hydrogen) atoms. The highest BCUT2D eigenvalue weighted by molar-refractivity contribution is 7.09. The first-order chi connectivity index (χ1) is 14.5. The SMILES string of the molecule is COc1cc(CN(C)C(=O)C[NH+](C)Cc2cccs2)ccc1OCc1ccccc1. The van der Waals surface area contributed by atoms with Crippen LogP contribution in [0.25, 0.3) is 0 Å². The second kappa shape index (κ2) is 10.8. The second-order valence-electron chi connectivity index (χ2n) is 7.40. The molecule has 0 fully saturated rings. The average molecular weight is 426 g/mol. The van der Waals surface area contributed by atoms with E-state index in [1.54, 1.807) is 23.3 Å². The molecule has 0 aliphatic heterocycles. The Bertz CT molecular complexity index is 929. The summed E-state index contributed by atoms with van der Waals surface area (Å²) in [4.78, 5) is 16.8. The van der Waals surface area contributed by atoms with Crippen molar-refractivity contribution in [3.63, 3.8) is 0 Å². The average Bonchev–Trinajstić information content (AvgIpc) is 3.26. The van der Waals surface area contributed by atoms with Crippen molar-refractivity contribution in [3.8, 4) is 11.5 Å². The molecule has 0 aliphatic rings. The standard InChI is InChI=1S/C24H28N2O3S/c1-25(16-21-10-7-13-30-21)17-24(27)26(2)15-20-11-12-22(23(14-20)28-3)29-18-19-8-5-4-6-9-19/h4-14H,15-18H2,1-3H3/p+1. The van der Waals surface area contributed by atoms with Gasteiger partial charge in [0.1, 0.15) is 13.2 Å². The number of likely N-dealkylation sites (N-methyl/N-ethyl adjacent to an activating group) is 2. The van der Waals surface area contributed by atoms with Crippen LogP contribution in [0.4, 0.5) is 0 Å². The van der Waals surface area contributed by atoms with Gasteiger partial charge >= 0.3 is 0 Å². The van der Waals surface area contributed by atoms with Gasteiger partial charge < -0.3 is 19.3 Å². The molecule has 3 aromatic rings. The molecule has 0 bridgehead atoms. The van der Waals surface area contributed by atoms with E-state index in [0.29, 0.717) is 31.2 Å². The molecule has 6 heteroatoms. The number of carbonyl (C=O) groups is 1. The van der Waals surface area contributed by atoms with Gasteiger partial charge in [0.25, 0.3) is 5.91 Å². The van der Waals surface area contributed by atoms with Crippen molar-refractivity contribution in [2.75, 3.05) is 27.7 Å². The van der Waals surface area contributed by atoms with Gasteiger partial charge in [-0.05, 0) is 34.7 Å². The van der Waals surface area contributed by atoms with Crippen molar-refractivity contribution in [1.29, 1.82) is 0 Å². The minimum Gasteiger partial charge on any atom is -0.493 e. The van der Waals surface area contributed by atoms with Gasteiger partial charge in [-0.25, -0.2) is 0 Å². The van der Waals surface area contributed by atoms with E-state index in [0.717, 1.165) is 17.7 Å². The van der Waals surface area contributed by atoms with Crippen LogP contribution < -0.4 is 14.4 Å². The lowest BCUT2D eigenvalue weighted by atomic mass is 10.2. The quantitative estimate of drug-likeness (QED) is 0.543. The highest BCUT2D eigenvalue weighted by Gasteiger charge is 2.16. The van der Waals surface area contributed by atoms with Gasteiger partial charge in [0.05, 0.1) is 19.0 Å². The fraction of sp³-hybridized carbons (Fsp3) is 0.292. The molecule has 158 valence electrons. The fourth-order valence-electron chi connectivity index (χ4n) is 3.19. The summed E-state index contributed by atoms with van der Waals surface area (Å²) in [6, 6.07) is 20.0. The molecule has 5 nitrogen and oxygen atoms in total. The smallest absolute Gasteiger partial charge is 0.277 e. The molecule has 0 spiro atoms. The third-order valence-electron chi connectivity index (χ3n) is 4.82. The number of rotatable bonds is 10. The third kappa shape index (κ3) is 6.34. The van der Waals surface area contributed by atoms with Gasteiger partial charge in [-0.3, -0.25) is 4.79 Å². The van der Waals surface area contributed by atoms with E-state index < -0.39 is 0 Å². The molecule has 1 atom stereocenters. The van der Waals surface area contributed by atoms with Gasteiger partial charge in [0.2, 0.25) is 0 Å². The molecule has 2 aromatic carbocycles. The monoisotopic (exact) mass is 425 g/mol. The van der Waals surface area contributed by atoms with Crippen molar-refractivity contribution in [2.45, 2.75) is 19.7 Å². The number of ether oxygens (including phenoxy) is 2. The Hall–Kier alpha value is -2.83. The van der Waals surface area contributed by atoms with Crippen LogP contribution in [-0.2, 0) is 24.5 Å². The van der Waals surface area contributed by atoms with E-state index in [-0.39, 0.29) is 5.91 Å². The highest BCUT2D eigenvalue weighted by Crippen LogP contribution is 2.29. The molecule has 0 saturated heterocycles. The van der Waals surface area contributed by atoms with Crippen LogP contribution in [0.5, 0.6) is 11.5 Å². The van der Waals surface area contributed by atoms with Gasteiger partial charge in [0.15, 0.2) is 18.0 Å². The first-order valence-corrected chi connectivity index (χ1v) is 10.8. The normalized spacial score (nSPS) is 11.7. The molecule has 1 heterocycles. The number of hydrogen-bond donors (Lipinski definition) is 1. The maximum atomic E-state index is 12.6. The Labute approximate surface area is 182 Å². The Kier molecular flexibility index (Phi) is 7.88. The highest BCUT2D eigenvalue weighted by atomic mass is 32.1. The number of methoxy groups -OCH3 is 1. The molecular weight excluding hydrogens is 396 g/mol. The number of hydrogen-bond acceptors (Lipinski definition) is 4. The van der Waals surface area contributed by atoms with Gasteiger partial charge in [-0.1, -0.05) is 42.5 Å². The number of thiophene rings is 1. The Morgan fingerprint density at radius 2 is 1.83 bits per heavy atom. The first-order valence-electron chi connectivity index (χ1n) is 9.96. The lowest BCUT2D eigenvalue weighted by Gasteiger charge is -2.20. The topological polar surface area (TPSA) is 43.2 Å². The van der Waals surface area contributed by atoms with E-state index in [2.05, 4.69) is 11.4 Å². The summed E-state index contributed by atoms with van der Waals surface area (Å²) < 4.78 is 11.4. The van der Waals surface area contributed by atoms with Gasteiger partial charge in [0, 0.05) is 13.6 Å². The Morgan fingerprint density at radius 3 is 2.53 bits per heavy atom. The molecule has 0 radical (unpaired) electrons. The van der Waals surface area contributed by atoms with Crippen LogP contribution in [-0.4, -0.2) is 38.6 Å². The summed E-state index contributed by atoms with van der Waals surface area (Å²) in [7, 11) is 5.52. The summed E-state index contributed by atoms with van der Waals surface area (Å²) in [5, 5.41) is 2.07. The van der Waals surface area contributed by atoms with Crippen molar-refractivity contribution in [1.82, 2.24) is 4.90 Å². The second-order valence-corrected chi connectivity index (χ2v) is 8.43. The molecule has 3 rings (SSSR count). The number of amides is 1. The van der Waals surface area contributed by atoms with Gasteiger partial charge in [-0.2, -0.15) is 0 Å². The van der Waals surface area contributed by atoms with E-state index in [1.165, 1.54) is 9.78 Å². The van der Waals surface area contributed by atoms with Crippen LogP contribution in [0.1, 0.15) is 16.0 Å². The lowest BCUT2D eigenvalue weighted by Crippen LogP contribution is -3.08. The Balaban J connectivity index is 1.55. The zero-order valence-electron chi connectivity index (χ0n) is 17.8. The number of nitrogens with one attached hydrogen (secondary N) is 1. The number of nitrogens with zero attached hydrogens (tertiary/aromatic N) is 1. The predicted octanol–water partition coefficient (Wildman–Crippen LogP) is 3.01. The van der Waals surface area contributed by atoms with E-state index in [9.17, 15) is 4.79 Å². The lowest BCUT2D eigenvalue weighted by molar-refractivity contribution is -0.885. The van der Waals surface area contributed by atoms with E-state index in [1.807, 2.05) is 68.7 Å². The summed E-state index contributed by atoms with van der Waals surface area (Å²) in [5.74, 6) is 1.48. The van der Waals surface area contributed by atoms with Crippen LogP contribution >= 0.6 is 11.3 Å². The van der Waals surface area contributed by atoms with Crippen LogP contribution in [0.15, 0.2) is 66.0 Å². The van der Waals surface area contributed by atoms with Crippen molar-refractivity contribution < 1.29 is 19.2 Å². The van der Waals surface area contributed by atoms with Crippen molar-refractivity contribution >= 4 is 17.2 Å². The minimum absolute atomic E-state index is 0.118. The zero-order valence-corrected chi connectivity index (χ0v) is 18.6. The van der Waals surface area contributed by atoms with Crippen molar-refractivity contribution in [2.24, 2.45) is 0 Å². The minimum atomic E-state index is 0.118. The van der Waals surface area contributed by atoms with E-state index in [4.69, 9.17) is 9.47 Å². The number of carbonyl (C=O) groups excluding carboxylic acids is 1. The van der Waals surface area contributed by atoms with Crippen molar-refractivity contribution in [3.05, 3.63) is 82.0 Å². The van der Waals surface area contributed by atoms with E-state index >= 15 is 0 Å². The first kappa shape index (κ1) is 21.9. The summed E-state index contributed by atoms with van der Waals surface area (Å²) in [6.07, 6.45) is 0. The molecule has 1 N–H and O–H groups in total. The predicted molar refractivity (Wildman–Crippen MR) is 120 cm³/mol. The number of benzene rings is 2. The summed E-state index contributed by atoms with van der Waals surface area (Å²) >= 11 is 1.73. The molecule has 1 unspecified atom stereocenters. The molecule has 0 aliphatic carbocycles. The van der Waals surface area contributed by atoms with Crippen LogP contribution in [0, 0.1) is 0 Å². The summed E-state index contributed by atoms with van der Waals surface area (Å²) in [5.41, 5.74) is 2.11. The largest absolute Gasteiger partial charge is 0.493 e. The van der Waals surface area contributed by atoms with Gasteiger partial charge in [-0.15, -0.1) is 11.3 Å². The maximum Gasteiger partial charge on any atom is 0.277 e. The van der Waals surface area contributed by atoms with Crippen LogP contribution in [0.3, 0.4) is 0 Å². The Morgan fingerprint density at radius 1 is 1.03 bits per heavy atom. The fourth-order valence-corrected chi connectivity index (χ4v) is 4.01. The summed E-state index contributed by atoms with van der Waals surface area (Å²) in [6.45, 7) is 2.33. The maximum absolute atomic E-state index is 12.6.